The second-order valence-corrected chi connectivity index (χ2v) is 16.8. The number of hydrogen-bond donors (Lipinski definition) is 5. The Morgan fingerprint density at radius 2 is 1.74 bits per heavy atom. The number of nitrogens with one attached hydrogen (secondary N) is 1. The van der Waals surface area contributed by atoms with Crippen LogP contribution in [0.2, 0.25) is 0 Å². The van der Waals surface area contributed by atoms with E-state index in [4.69, 9.17) is 45.1 Å². The molecule has 5 aromatic heterocycles. The normalized spacial score (nSPS) is 36.8. The number of hydrogen-bond acceptors (Lipinski definition) is 16. The fourth-order valence-corrected chi connectivity index (χ4v) is 9.14. The van der Waals surface area contributed by atoms with Crippen LogP contribution in [0.15, 0.2) is 36.2 Å². The Bertz CT molecular complexity index is 2180. The third-order valence-electron chi connectivity index (χ3n) is 8.28. The monoisotopic (exact) mass is 728 g/mol. The third kappa shape index (κ3) is 5.32. The number of aromatic nitrogens is 9. The molecule has 8 rings (SSSR count). The van der Waals surface area contributed by atoms with Gasteiger partial charge in [-0.1, -0.05) is 19.2 Å². The van der Waals surface area contributed by atoms with Crippen molar-refractivity contribution < 1.29 is 42.1 Å². The Hall–Kier alpha value is -2.85. The van der Waals surface area contributed by atoms with Crippen molar-refractivity contribution in [2.45, 2.75) is 49.9 Å². The number of H-pyrrole nitrogens is 1. The van der Waals surface area contributed by atoms with Crippen LogP contribution in [0.3, 0.4) is 0 Å². The Kier molecular flexibility index (Phi) is 7.59. The Morgan fingerprint density at radius 3 is 2.57 bits per heavy atom. The summed E-state index contributed by atoms with van der Waals surface area (Å²) in [5.41, 5.74) is 6.51. The van der Waals surface area contributed by atoms with Crippen LogP contribution in [0, 0.1) is 5.92 Å². The number of imidazole rings is 3. The zero-order valence-corrected chi connectivity index (χ0v) is 27.5. The standard InChI is InChI=1S/C23H26N10O10P2S2/c1-9-15-10(40-21(9)32-7-28-12-17(24)26-6-27-18(12)32)4-38-45(37,47)43-16-11(5-39-44(36,46)42-15)41-22(14(16)34)33-8-29-13-19(35)30-23-25-2-3-31(23)20(13)33/h2-3,6-11,14-16,21-22,34H,4-5H2,1H3,(H,36,46)(H,37,47)(H2,24,26,27)(H,25,30,35)/t9-,10-,11-,14-,15+,16-,21-,22-,44?,45?/m1/s1. The SMILES string of the molecule is C[C@@H]1[C@@H]2OP(O)(=S)OC[C@H]3O[C@@H](n4cnc5c(=O)[nH]c6nccn6c54)[C@H](O)[C@@H]3OP(=O)(S)OC[C@H]2O[C@H]1n1cnc2c(N)ncnc21. The first kappa shape index (κ1) is 31.4. The maximum absolute atomic E-state index is 13.6. The molecule has 10 atom stereocenters. The van der Waals surface area contributed by atoms with E-state index in [0.29, 0.717) is 11.2 Å². The van der Waals surface area contributed by atoms with Crippen molar-refractivity contribution in [2.75, 3.05) is 18.9 Å². The largest absolute Gasteiger partial charge is 0.386 e. The first-order valence-corrected chi connectivity index (χ1v) is 19.3. The maximum Gasteiger partial charge on any atom is 0.386 e. The summed E-state index contributed by atoms with van der Waals surface area (Å²) in [5.74, 6) is -0.0881. The summed E-state index contributed by atoms with van der Waals surface area (Å²) in [5, 5.41) is 11.5. The van der Waals surface area contributed by atoms with Crippen LogP contribution in [0.5, 0.6) is 0 Å². The van der Waals surface area contributed by atoms with Crippen molar-refractivity contribution in [3.63, 3.8) is 0 Å². The zero-order chi connectivity index (χ0) is 32.8. The number of fused-ring (bicyclic) bond motifs is 6. The molecule has 47 heavy (non-hydrogen) atoms. The van der Waals surface area contributed by atoms with Gasteiger partial charge < -0.3 is 34.3 Å². The van der Waals surface area contributed by atoms with Crippen LogP contribution in [0.4, 0.5) is 5.82 Å². The molecule has 8 heterocycles. The molecule has 3 saturated heterocycles. The second kappa shape index (κ2) is 11.4. The van der Waals surface area contributed by atoms with E-state index >= 15 is 0 Å². The highest BCUT2D eigenvalue weighted by Gasteiger charge is 2.52. The molecule has 5 aromatic rings. The first-order chi connectivity index (χ1) is 22.4. The summed E-state index contributed by atoms with van der Waals surface area (Å²) in [7, 11) is 0. The average molecular weight is 729 g/mol. The number of nitrogens with zero attached hydrogens (tertiary/aromatic N) is 8. The highest BCUT2D eigenvalue weighted by atomic mass is 32.7. The lowest BCUT2D eigenvalue weighted by Crippen LogP contribution is -2.37. The van der Waals surface area contributed by atoms with Crippen molar-refractivity contribution in [1.82, 2.24) is 43.4 Å². The van der Waals surface area contributed by atoms with Gasteiger partial charge in [-0.3, -0.25) is 32.4 Å². The van der Waals surface area contributed by atoms with Crippen LogP contribution in [-0.2, 0) is 43.9 Å². The molecule has 0 saturated carbocycles. The second-order valence-electron chi connectivity index (χ2n) is 11.1. The summed E-state index contributed by atoms with van der Waals surface area (Å²) in [6, 6.07) is 0. The Labute approximate surface area is 273 Å². The molecule has 2 unspecified atom stereocenters. The van der Waals surface area contributed by atoms with E-state index in [0.717, 1.165) is 0 Å². The Balaban J connectivity index is 1.09. The van der Waals surface area contributed by atoms with Crippen molar-refractivity contribution in [2.24, 2.45) is 5.92 Å². The topological polar surface area (TPSA) is 251 Å². The first-order valence-electron chi connectivity index (χ1n) is 14.1. The number of aromatic amines is 1. The van der Waals surface area contributed by atoms with E-state index < -0.39 is 74.6 Å². The summed E-state index contributed by atoms with van der Waals surface area (Å²) in [6.07, 6.45) is -0.766. The molecule has 250 valence electrons. The molecule has 3 aliphatic heterocycles. The van der Waals surface area contributed by atoms with E-state index in [2.05, 4.69) is 42.2 Å². The highest BCUT2D eigenvalue weighted by molar-refractivity contribution is 8.44. The summed E-state index contributed by atoms with van der Waals surface area (Å²) >= 11 is 9.54. The Morgan fingerprint density at radius 1 is 1.02 bits per heavy atom. The average Bonchev–Trinajstić information content (AvgIpc) is 3.84. The van der Waals surface area contributed by atoms with Crippen molar-refractivity contribution in [3.05, 3.63) is 41.7 Å². The van der Waals surface area contributed by atoms with Crippen LogP contribution < -0.4 is 11.3 Å². The minimum atomic E-state index is -4.23. The molecule has 3 fully saturated rings. The molecule has 0 radical (unpaired) electrons. The molecule has 3 aliphatic rings. The van der Waals surface area contributed by atoms with Crippen LogP contribution in [0.25, 0.3) is 28.1 Å². The van der Waals surface area contributed by atoms with Crippen molar-refractivity contribution >= 4 is 71.5 Å². The molecule has 0 bridgehead atoms. The number of anilines is 1. The number of rotatable bonds is 2. The van der Waals surface area contributed by atoms with Gasteiger partial charge >= 0.3 is 13.5 Å². The zero-order valence-electron chi connectivity index (χ0n) is 24.0. The molecule has 0 spiro atoms. The van der Waals surface area contributed by atoms with E-state index in [9.17, 15) is 19.4 Å². The van der Waals surface area contributed by atoms with Gasteiger partial charge in [0.2, 0.25) is 5.78 Å². The predicted octanol–water partition coefficient (Wildman–Crippen LogP) is 0.658. The van der Waals surface area contributed by atoms with Gasteiger partial charge in [-0.25, -0.2) is 29.5 Å². The van der Waals surface area contributed by atoms with Gasteiger partial charge in [-0.15, -0.1) is 0 Å². The van der Waals surface area contributed by atoms with Gasteiger partial charge in [0, 0.05) is 18.3 Å². The van der Waals surface area contributed by atoms with Crippen LogP contribution in [-0.4, -0.2) is 97.2 Å². The molecule has 0 amide bonds. The fraction of sp³-hybridized carbons (Fsp3) is 0.478. The molecule has 24 heteroatoms. The molecular formula is C23H26N10O10P2S2. The van der Waals surface area contributed by atoms with Gasteiger partial charge in [-0.05, 0) is 11.8 Å². The van der Waals surface area contributed by atoms with E-state index in [-0.39, 0.29) is 29.4 Å². The fourth-order valence-electron chi connectivity index (χ4n) is 6.14. The lowest BCUT2D eigenvalue weighted by Gasteiger charge is -2.30. The van der Waals surface area contributed by atoms with Crippen LogP contribution in [0.1, 0.15) is 19.4 Å². The van der Waals surface area contributed by atoms with Gasteiger partial charge in [0.1, 0.15) is 48.6 Å². The summed E-state index contributed by atoms with van der Waals surface area (Å²) in [6.45, 7) is -7.28. The van der Waals surface area contributed by atoms with Gasteiger partial charge in [0.25, 0.3) is 5.56 Å². The van der Waals surface area contributed by atoms with Crippen molar-refractivity contribution in [3.8, 4) is 0 Å². The van der Waals surface area contributed by atoms with E-state index in [1.165, 1.54) is 29.7 Å². The van der Waals surface area contributed by atoms with E-state index in [1.54, 1.807) is 22.1 Å². The molecule has 0 aromatic carbocycles. The number of nitrogens with two attached hydrogens (primary N) is 1. The van der Waals surface area contributed by atoms with E-state index in [1.807, 2.05) is 0 Å². The summed E-state index contributed by atoms with van der Waals surface area (Å²) < 4.78 is 53.7. The lowest BCUT2D eigenvalue weighted by molar-refractivity contribution is -0.0574. The number of thiol groups is 1. The van der Waals surface area contributed by atoms with Gasteiger partial charge in [-0.2, -0.15) is 0 Å². The van der Waals surface area contributed by atoms with Crippen LogP contribution >= 0.6 is 25.8 Å². The number of aliphatic hydroxyl groups is 1. The molecule has 0 aliphatic carbocycles. The lowest BCUT2D eigenvalue weighted by atomic mass is 10.0. The minimum absolute atomic E-state index is 0.0513. The molecular weight excluding hydrogens is 702 g/mol. The molecule has 5 N–H and O–H groups in total. The maximum atomic E-state index is 13.6. The smallest absolute Gasteiger partial charge is 0.386 e. The highest BCUT2D eigenvalue weighted by Crippen LogP contribution is 2.58. The predicted molar refractivity (Wildman–Crippen MR) is 167 cm³/mol. The number of nitrogen functional groups attached to an aromatic ring is 1. The van der Waals surface area contributed by atoms with Gasteiger partial charge in [0.05, 0.1) is 25.9 Å². The van der Waals surface area contributed by atoms with Gasteiger partial charge in [0.15, 0.2) is 28.9 Å². The number of aliphatic hydroxyl groups excluding tert-OH is 1. The summed E-state index contributed by atoms with van der Waals surface area (Å²) in [4.78, 5) is 47.2. The number of ether oxygens (including phenoxy) is 2. The third-order valence-corrected chi connectivity index (χ3v) is 11.5. The molecule has 20 nitrogen and oxygen atoms in total. The van der Waals surface area contributed by atoms with Crippen molar-refractivity contribution in [1.29, 1.82) is 0 Å². The minimum Gasteiger partial charge on any atom is -0.386 e. The quantitative estimate of drug-likeness (QED) is 0.124.